The van der Waals surface area contributed by atoms with E-state index in [0.29, 0.717) is 5.56 Å². The van der Waals surface area contributed by atoms with E-state index in [9.17, 15) is 9.59 Å². The molecule has 0 fully saturated rings. The Morgan fingerprint density at radius 2 is 1.50 bits per heavy atom. The summed E-state index contributed by atoms with van der Waals surface area (Å²) < 4.78 is 0. The normalized spacial score (nSPS) is 9.45. The van der Waals surface area contributed by atoms with Crippen LogP contribution in [0.2, 0.25) is 0 Å². The maximum atomic E-state index is 11.2. The number of aromatic carboxylic acids is 1. The van der Waals surface area contributed by atoms with Crippen molar-refractivity contribution in [3.8, 4) is 11.8 Å². The molecule has 0 spiro atoms. The lowest BCUT2D eigenvalue weighted by Gasteiger charge is -2.00. The molecule has 0 atom stereocenters. The highest BCUT2D eigenvalue weighted by Crippen LogP contribution is 2.12. The van der Waals surface area contributed by atoms with Crippen molar-refractivity contribution >= 4 is 22.8 Å². The van der Waals surface area contributed by atoms with Crippen LogP contribution in [-0.2, 0) is 0 Å². The van der Waals surface area contributed by atoms with Crippen molar-refractivity contribution in [3.63, 3.8) is 0 Å². The molecule has 0 aliphatic rings. The number of hydrogen-bond donors (Lipinski definition) is 1. The molecule has 1 N–H and O–H groups in total. The minimum Gasteiger partial charge on any atom is -0.478 e. The topological polar surface area (TPSA) is 54.4 Å². The zero-order chi connectivity index (χ0) is 14.5. The maximum absolute atomic E-state index is 11.2. The highest BCUT2D eigenvalue weighted by molar-refractivity contribution is 6.67. The van der Waals surface area contributed by atoms with E-state index >= 15 is 0 Å². The first-order chi connectivity index (χ1) is 9.56. The average molecular weight is 285 g/mol. The Morgan fingerprint density at radius 3 is 2.10 bits per heavy atom. The molecule has 0 heterocycles. The Balaban J connectivity index is 2.44. The van der Waals surface area contributed by atoms with Crippen molar-refractivity contribution in [2.75, 3.05) is 0 Å². The molecule has 2 rings (SSSR count). The van der Waals surface area contributed by atoms with Crippen LogP contribution in [0.15, 0.2) is 48.5 Å². The van der Waals surface area contributed by atoms with E-state index in [0.717, 1.165) is 5.56 Å². The van der Waals surface area contributed by atoms with Gasteiger partial charge in [-0.3, -0.25) is 4.79 Å². The Kier molecular flexibility index (Phi) is 4.19. The summed E-state index contributed by atoms with van der Waals surface area (Å²) in [4.78, 5) is 22.2. The Hall–Kier alpha value is -2.57. The fraction of sp³-hybridized carbons (Fsp3) is 0. The van der Waals surface area contributed by atoms with Crippen LogP contribution >= 0.6 is 11.6 Å². The van der Waals surface area contributed by atoms with Crippen molar-refractivity contribution in [2.45, 2.75) is 0 Å². The number of benzene rings is 2. The van der Waals surface area contributed by atoms with E-state index in [1.807, 2.05) is 30.3 Å². The molecule has 3 nitrogen and oxygen atoms in total. The molecule has 0 bridgehead atoms. The molecule has 2 aromatic rings. The number of carboxylic acids is 1. The summed E-state index contributed by atoms with van der Waals surface area (Å²) in [5.41, 5.74) is 1.32. The number of carbonyl (C=O) groups excluding carboxylic acids is 1. The highest BCUT2D eigenvalue weighted by atomic mass is 35.5. The predicted molar refractivity (Wildman–Crippen MR) is 76.0 cm³/mol. The molecule has 0 saturated carbocycles. The molecular formula is C16H9ClO3. The first-order valence-corrected chi connectivity index (χ1v) is 6.09. The van der Waals surface area contributed by atoms with Gasteiger partial charge in [0.2, 0.25) is 0 Å². The fourth-order valence-electron chi connectivity index (χ4n) is 1.60. The number of rotatable bonds is 2. The molecule has 0 unspecified atom stereocenters. The Morgan fingerprint density at radius 1 is 0.900 bits per heavy atom. The number of carbonyl (C=O) groups is 2. The second kappa shape index (κ2) is 6.05. The minimum absolute atomic E-state index is 0.0196. The monoisotopic (exact) mass is 284 g/mol. The molecule has 0 radical (unpaired) electrons. The summed E-state index contributed by atoms with van der Waals surface area (Å²) in [6.07, 6.45) is 0. The zero-order valence-corrected chi connectivity index (χ0v) is 11.0. The largest absolute Gasteiger partial charge is 0.478 e. The van der Waals surface area contributed by atoms with Crippen molar-refractivity contribution in [2.24, 2.45) is 0 Å². The maximum Gasteiger partial charge on any atom is 0.335 e. The number of carboxylic acid groups (broad SMARTS) is 1. The lowest BCUT2D eigenvalue weighted by molar-refractivity contribution is 0.0697. The second-order valence-electron chi connectivity index (χ2n) is 3.99. The van der Waals surface area contributed by atoms with Gasteiger partial charge in [0.05, 0.1) is 5.56 Å². The third-order valence-corrected chi connectivity index (χ3v) is 2.75. The van der Waals surface area contributed by atoms with Gasteiger partial charge in [-0.05, 0) is 41.9 Å². The quantitative estimate of drug-likeness (QED) is 0.681. The van der Waals surface area contributed by atoms with Gasteiger partial charge in [-0.15, -0.1) is 0 Å². The third-order valence-electron chi connectivity index (χ3n) is 2.53. The molecule has 0 aromatic heterocycles. The van der Waals surface area contributed by atoms with Gasteiger partial charge < -0.3 is 5.11 Å². The highest BCUT2D eigenvalue weighted by Gasteiger charge is 2.09. The summed E-state index contributed by atoms with van der Waals surface area (Å²) in [6.45, 7) is 0. The van der Waals surface area contributed by atoms with Crippen LogP contribution in [0.25, 0.3) is 0 Å². The van der Waals surface area contributed by atoms with Crippen LogP contribution in [0, 0.1) is 11.8 Å². The Bertz CT molecular complexity index is 692. The van der Waals surface area contributed by atoms with E-state index in [1.54, 1.807) is 0 Å². The molecule has 0 aliphatic carbocycles. The molecule has 0 saturated heterocycles. The predicted octanol–water partition coefficient (Wildman–Crippen LogP) is 3.16. The van der Waals surface area contributed by atoms with Gasteiger partial charge in [0.1, 0.15) is 0 Å². The first-order valence-electron chi connectivity index (χ1n) is 5.71. The number of halogens is 1. The molecule has 2 aromatic carbocycles. The van der Waals surface area contributed by atoms with Gasteiger partial charge in [-0.2, -0.15) is 0 Å². The van der Waals surface area contributed by atoms with Crippen LogP contribution in [0.3, 0.4) is 0 Å². The SMILES string of the molecule is O=C(O)c1cc(C#Cc2ccccc2)cc(C(=O)Cl)c1. The molecular weight excluding hydrogens is 276 g/mol. The number of hydrogen-bond acceptors (Lipinski definition) is 2. The zero-order valence-electron chi connectivity index (χ0n) is 10.3. The molecule has 0 aliphatic heterocycles. The van der Waals surface area contributed by atoms with Crippen molar-refractivity contribution in [1.82, 2.24) is 0 Å². The van der Waals surface area contributed by atoms with Crippen LogP contribution < -0.4 is 0 Å². The van der Waals surface area contributed by atoms with Gasteiger partial charge in [-0.1, -0.05) is 30.0 Å². The standard InChI is InChI=1S/C16H9ClO3/c17-15(18)13-8-12(9-14(10-13)16(19)20)7-6-11-4-2-1-3-5-11/h1-5,8-10H,(H,19,20). The minimum atomic E-state index is -1.13. The van der Waals surface area contributed by atoms with E-state index in [2.05, 4.69) is 11.8 Å². The lowest BCUT2D eigenvalue weighted by atomic mass is 10.1. The van der Waals surface area contributed by atoms with Gasteiger partial charge in [0.25, 0.3) is 5.24 Å². The smallest absolute Gasteiger partial charge is 0.335 e. The van der Waals surface area contributed by atoms with Crippen LogP contribution in [0.1, 0.15) is 31.8 Å². The second-order valence-corrected chi connectivity index (χ2v) is 4.34. The average Bonchev–Trinajstić information content (AvgIpc) is 2.45. The van der Waals surface area contributed by atoms with Crippen LogP contribution in [-0.4, -0.2) is 16.3 Å². The Labute approximate surface area is 120 Å². The van der Waals surface area contributed by atoms with Gasteiger partial charge in [-0.25, -0.2) is 4.79 Å². The summed E-state index contributed by atoms with van der Waals surface area (Å²) in [5.74, 6) is 4.59. The van der Waals surface area contributed by atoms with E-state index in [-0.39, 0.29) is 11.1 Å². The van der Waals surface area contributed by atoms with Crippen molar-refractivity contribution in [1.29, 1.82) is 0 Å². The summed E-state index contributed by atoms with van der Waals surface area (Å²) >= 11 is 5.39. The molecule has 20 heavy (non-hydrogen) atoms. The molecule has 0 amide bonds. The van der Waals surface area contributed by atoms with Crippen molar-refractivity contribution in [3.05, 3.63) is 70.8 Å². The molecule has 4 heteroatoms. The van der Waals surface area contributed by atoms with Crippen LogP contribution in [0.4, 0.5) is 0 Å². The van der Waals surface area contributed by atoms with Gasteiger partial charge >= 0.3 is 5.97 Å². The summed E-state index contributed by atoms with van der Waals surface area (Å²) in [6, 6.07) is 13.4. The first kappa shape index (κ1) is 13.9. The van der Waals surface area contributed by atoms with Crippen LogP contribution in [0.5, 0.6) is 0 Å². The third kappa shape index (κ3) is 3.47. The summed E-state index contributed by atoms with van der Waals surface area (Å²) in [5, 5.41) is 8.29. The summed E-state index contributed by atoms with van der Waals surface area (Å²) in [7, 11) is 0. The lowest BCUT2D eigenvalue weighted by Crippen LogP contribution is -2.00. The van der Waals surface area contributed by atoms with Gasteiger partial charge in [0.15, 0.2) is 0 Å². The van der Waals surface area contributed by atoms with E-state index < -0.39 is 11.2 Å². The van der Waals surface area contributed by atoms with Crippen molar-refractivity contribution < 1.29 is 14.7 Å². The molecule has 98 valence electrons. The fourth-order valence-corrected chi connectivity index (χ4v) is 1.71. The van der Waals surface area contributed by atoms with Gasteiger partial charge in [0, 0.05) is 16.7 Å². The van der Waals surface area contributed by atoms with E-state index in [4.69, 9.17) is 16.7 Å². The van der Waals surface area contributed by atoms with E-state index in [1.165, 1.54) is 18.2 Å².